The van der Waals surface area contributed by atoms with Crippen LogP contribution in [0, 0.1) is 6.92 Å². The minimum Gasteiger partial charge on any atom is -0.496 e. The molecular formula is C15H15N3O3. The maximum absolute atomic E-state index is 12.4. The third kappa shape index (κ3) is 2.35. The number of nitrogens with zero attached hydrogens (tertiary/aromatic N) is 2. The van der Waals surface area contributed by atoms with E-state index in [4.69, 9.17) is 9.15 Å². The highest BCUT2D eigenvalue weighted by molar-refractivity contribution is 6.06. The van der Waals surface area contributed by atoms with Crippen molar-refractivity contribution in [3.8, 4) is 5.75 Å². The van der Waals surface area contributed by atoms with Gasteiger partial charge in [0.2, 0.25) is 0 Å². The minimum atomic E-state index is -0.241. The molecule has 21 heavy (non-hydrogen) atoms. The van der Waals surface area contributed by atoms with E-state index in [1.165, 1.54) is 0 Å². The average Bonchev–Trinajstić information content (AvgIpc) is 3.04. The van der Waals surface area contributed by atoms with Gasteiger partial charge >= 0.3 is 0 Å². The number of anilines is 1. The van der Waals surface area contributed by atoms with Gasteiger partial charge in [0.15, 0.2) is 0 Å². The van der Waals surface area contributed by atoms with Crippen molar-refractivity contribution in [2.45, 2.75) is 6.92 Å². The van der Waals surface area contributed by atoms with Crippen LogP contribution >= 0.6 is 0 Å². The number of methoxy groups -OCH3 is 1. The van der Waals surface area contributed by atoms with Crippen LogP contribution in [0.4, 0.5) is 5.82 Å². The first kappa shape index (κ1) is 13.2. The molecule has 0 radical (unpaired) electrons. The molecule has 3 aromatic rings. The molecule has 1 aromatic carbocycles. The third-order valence-corrected chi connectivity index (χ3v) is 3.26. The second kappa shape index (κ2) is 4.97. The molecule has 1 N–H and O–H groups in total. The summed E-state index contributed by atoms with van der Waals surface area (Å²) in [5, 5.41) is 7.85. The Morgan fingerprint density at radius 1 is 1.38 bits per heavy atom. The number of ether oxygens (including phenoxy) is 1. The highest BCUT2D eigenvalue weighted by atomic mass is 16.5. The number of aromatic nitrogens is 2. The Morgan fingerprint density at radius 2 is 2.19 bits per heavy atom. The molecule has 0 aliphatic rings. The molecule has 0 bridgehead atoms. The zero-order valence-corrected chi connectivity index (χ0v) is 12.0. The van der Waals surface area contributed by atoms with Crippen LogP contribution in [-0.2, 0) is 7.05 Å². The summed E-state index contributed by atoms with van der Waals surface area (Å²) < 4.78 is 12.3. The number of fused-ring (bicyclic) bond motifs is 1. The number of furan rings is 1. The summed E-state index contributed by atoms with van der Waals surface area (Å²) in [7, 11) is 3.34. The predicted molar refractivity (Wildman–Crippen MR) is 78.7 cm³/mol. The van der Waals surface area contributed by atoms with Gasteiger partial charge in [0.1, 0.15) is 17.2 Å². The van der Waals surface area contributed by atoms with E-state index in [1.54, 1.807) is 49.4 Å². The van der Waals surface area contributed by atoms with Gasteiger partial charge in [0.05, 0.1) is 24.5 Å². The normalized spacial score (nSPS) is 10.8. The molecule has 6 heteroatoms. The summed E-state index contributed by atoms with van der Waals surface area (Å²) in [5.41, 5.74) is 1.92. The van der Waals surface area contributed by atoms with Gasteiger partial charge in [-0.3, -0.25) is 9.48 Å². The van der Waals surface area contributed by atoms with Crippen LogP contribution in [0.2, 0.25) is 0 Å². The number of hydrogen-bond acceptors (Lipinski definition) is 4. The van der Waals surface area contributed by atoms with Crippen molar-refractivity contribution >= 4 is 22.7 Å². The lowest BCUT2D eigenvalue weighted by atomic mass is 10.1. The smallest absolute Gasteiger partial charge is 0.257 e. The van der Waals surface area contributed by atoms with Crippen molar-refractivity contribution < 1.29 is 13.9 Å². The average molecular weight is 285 g/mol. The van der Waals surface area contributed by atoms with Crippen LogP contribution in [-0.4, -0.2) is 22.8 Å². The van der Waals surface area contributed by atoms with Crippen LogP contribution in [0.5, 0.6) is 5.75 Å². The standard InChI is InChI=1S/C15H15N3O3/c1-9-6-14(18(2)17-9)16-15(19)10-7-12(20-3)11-4-5-21-13(11)8-10/h4-8H,1-3H3,(H,16,19). The van der Waals surface area contributed by atoms with Crippen LogP contribution in [0.3, 0.4) is 0 Å². The molecule has 3 rings (SSSR count). The van der Waals surface area contributed by atoms with E-state index in [1.807, 2.05) is 6.92 Å². The van der Waals surface area contributed by atoms with E-state index in [-0.39, 0.29) is 5.91 Å². The Labute approximate surface area is 121 Å². The topological polar surface area (TPSA) is 69.3 Å². The number of aryl methyl sites for hydroxylation is 2. The zero-order chi connectivity index (χ0) is 15.0. The molecule has 2 heterocycles. The van der Waals surface area contributed by atoms with E-state index in [0.29, 0.717) is 22.7 Å². The molecule has 0 saturated heterocycles. The van der Waals surface area contributed by atoms with Gasteiger partial charge < -0.3 is 14.5 Å². The number of rotatable bonds is 3. The minimum absolute atomic E-state index is 0.241. The first-order valence-corrected chi connectivity index (χ1v) is 6.45. The molecule has 0 saturated carbocycles. The third-order valence-electron chi connectivity index (χ3n) is 3.26. The van der Waals surface area contributed by atoms with E-state index >= 15 is 0 Å². The maximum Gasteiger partial charge on any atom is 0.257 e. The number of benzene rings is 1. The van der Waals surface area contributed by atoms with Crippen molar-refractivity contribution in [3.05, 3.63) is 41.8 Å². The van der Waals surface area contributed by atoms with Crippen molar-refractivity contribution in [1.29, 1.82) is 0 Å². The van der Waals surface area contributed by atoms with Gasteiger partial charge in [-0.25, -0.2) is 0 Å². The summed E-state index contributed by atoms with van der Waals surface area (Å²) >= 11 is 0. The van der Waals surface area contributed by atoms with E-state index in [2.05, 4.69) is 10.4 Å². The molecular weight excluding hydrogens is 270 g/mol. The summed E-state index contributed by atoms with van der Waals surface area (Å²) in [6.07, 6.45) is 1.57. The molecule has 0 aliphatic heterocycles. The zero-order valence-electron chi connectivity index (χ0n) is 12.0. The summed E-state index contributed by atoms with van der Waals surface area (Å²) in [4.78, 5) is 12.4. The van der Waals surface area contributed by atoms with E-state index in [0.717, 1.165) is 11.1 Å². The largest absolute Gasteiger partial charge is 0.496 e. The van der Waals surface area contributed by atoms with Gasteiger partial charge in [-0.1, -0.05) is 0 Å². The van der Waals surface area contributed by atoms with Gasteiger partial charge in [-0.05, 0) is 25.1 Å². The van der Waals surface area contributed by atoms with E-state index < -0.39 is 0 Å². The molecule has 0 unspecified atom stereocenters. The molecule has 2 aromatic heterocycles. The summed E-state index contributed by atoms with van der Waals surface area (Å²) in [6, 6.07) is 6.99. The van der Waals surface area contributed by atoms with Crippen molar-refractivity contribution in [2.24, 2.45) is 7.05 Å². The molecule has 0 fully saturated rings. The number of amides is 1. The maximum atomic E-state index is 12.4. The Kier molecular flexibility index (Phi) is 3.13. The van der Waals surface area contributed by atoms with E-state index in [9.17, 15) is 4.79 Å². The highest BCUT2D eigenvalue weighted by Crippen LogP contribution is 2.28. The van der Waals surface area contributed by atoms with Crippen LogP contribution in [0.15, 0.2) is 34.9 Å². The lowest BCUT2D eigenvalue weighted by molar-refractivity contribution is 0.102. The second-order valence-electron chi connectivity index (χ2n) is 4.76. The van der Waals surface area contributed by atoms with Crippen LogP contribution < -0.4 is 10.1 Å². The Morgan fingerprint density at radius 3 is 2.86 bits per heavy atom. The van der Waals surface area contributed by atoms with Crippen LogP contribution in [0.1, 0.15) is 16.1 Å². The number of carbonyl (C=O) groups is 1. The Balaban J connectivity index is 1.96. The summed E-state index contributed by atoms with van der Waals surface area (Å²) in [5.74, 6) is 0.998. The number of nitrogens with one attached hydrogen (secondary N) is 1. The van der Waals surface area contributed by atoms with Crippen molar-refractivity contribution in [1.82, 2.24) is 9.78 Å². The van der Waals surface area contributed by atoms with Crippen molar-refractivity contribution in [3.63, 3.8) is 0 Å². The molecule has 0 atom stereocenters. The van der Waals surface area contributed by atoms with Gasteiger partial charge in [0, 0.05) is 18.7 Å². The monoisotopic (exact) mass is 285 g/mol. The molecule has 108 valence electrons. The number of hydrogen-bond donors (Lipinski definition) is 1. The highest BCUT2D eigenvalue weighted by Gasteiger charge is 2.14. The first-order chi connectivity index (χ1) is 10.1. The summed E-state index contributed by atoms with van der Waals surface area (Å²) in [6.45, 7) is 1.87. The predicted octanol–water partition coefficient (Wildman–Crippen LogP) is 2.74. The van der Waals surface area contributed by atoms with Gasteiger partial charge in [0.25, 0.3) is 5.91 Å². The Hall–Kier alpha value is -2.76. The fourth-order valence-corrected chi connectivity index (χ4v) is 2.25. The fraction of sp³-hybridized carbons (Fsp3) is 0.200. The van der Waals surface area contributed by atoms with Crippen LogP contribution in [0.25, 0.3) is 11.0 Å². The Bertz CT molecular complexity index is 817. The first-order valence-electron chi connectivity index (χ1n) is 6.45. The van der Waals surface area contributed by atoms with Gasteiger partial charge in [-0.15, -0.1) is 0 Å². The molecule has 1 amide bonds. The molecule has 6 nitrogen and oxygen atoms in total. The lowest BCUT2D eigenvalue weighted by Gasteiger charge is -2.07. The van der Waals surface area contributed by atoms with Gasteiger partial charge in [-0.2, -0.15) is 5.10 Å². The molecule has 0 aliphatic carbocycles. The molecule has 0 spiro atoms. The fourth-order valence-electron chi connectivity index (χ4n) is 2.25. The SMILES string of the molecule is COc1cc(C(=O)Nc2cc(C)nn2C)cc2occc12. The number of carbonyl (C=O) groups excluding carboxylic acids is 1. The lowest BCUT2D eigenvalue weighted by Crippen LogP contribution is -2.14. The second-order valence-corrected chi connectivity index (χ2v) is 4.76. The quantitative estimate of drug-likeness (QED) is 0.803. The van der Waals surface area contributed by atoms with Crippen molar-refractivity contribution in [2.75, 3.05) is 12.4 Å².